The van der Waals surface area contributed by atoms with Crippen LogP contribution in [0, 0.1) is 28.8 Å². The van der Waals surface area contributed by atoms with E-state index in [4.69, 9.17) is 4.74 Å². The number of ether oxygens (including phenoxy) is 1. The standard InChI is InChI=1S/C37H37F3N4O3/c1-4-35(46)44-22-36(2,3)47-33-19-27(7-10-32(33)44)43-13-11-37(12-14-43)20-24(28-8-6-25(38)18-29(28)37)17-34(45)42-26(21-41)15-23-5-9-30(39)31(40)16-23/h4-10,16,18-19,24,26H,1,11-15,17,20,22H2,2-3H3,(H,42,45)/t24-,26-/m1/s1. The fourth-order valence-corrected chi connectivity index (χ4v) is 7.50. The van der Waals surface area contributed by atoms with E-state index in [-0.39, 0.29) is 41.8 Å². The Morgan fingerprint density at radius 3 is 2.55 bits per heavy atom. The Labute approximate surface area is 272 Å². The first-order chi connectivity index (χ1) is 22.4. The number of benzene rings is 3. The number of anilines is 2. The number of rotatable bonds is 7. The van der Waals surface area contributed by atoms with E-state index < -0.39 is 23.3 Å². The summed E-state index contributed by atoms with van der Waals surface area (Å²) in [4.78, 5) is 29.7. The van der Waals surface area contributed by atoms with Gasteiger partial charge in [-0.05, 0) is 104 Å². The minimum absolute atomic E-state index is 0.0412. The summed E-state index contributed by atoms with van der Waals surface area (Å²) in [6, 6.07) is 15.2. The highest BCUT2D eigenvalue weighted by atomic mass is 19.2. The monoisotopic (exact) mass is 642 g/mol. The zero-order chi connectivity index (χ0) is 33.5. The average molecular weight is 643 g/mol. The van der Waals surface area contributed by atoms with Crippen LogP contribution in [0.25, 0.3) is 0 Å². The second kappa shape index (κ2) is 12.4. The van der Waals surface area contributed by atoms with E-state index in [1.54, 1.807) is 17.0 Å². The molecule has 0 aromatic heterocycles. The van der Waals surface area contributed by atoms with Gasteiger partial charge in [-0.25, -0.2) is 13.2 Å². The van der Waals surface area contributed by atoms with Crippen molar-refractivity contribution in [1.82, 2.24) is 5.32 Å². The summed E-state index contributed by atoms with van der Waals surface area (Å²) in [5, 5.41) is 12.4. The molecule has 0 bridgehead atoms. The zero-order valence-corrected chi connectivity index (χ0v) is 26.5. The predicted octanol–water partition coefficient (Wildman–Crippen LogP) is 6.46. The van der Waals surface area contributed by atoms with Gasteiger partial charge in [0.1, 0.15) is 23.2 Å². The number of carbonyl (C=O) groups is 2. The third kappa shape index (κ3) is 6.44. The van der Waals surface area contributed by atoms with Crippen LogP contribution in [0.1, 0.15) is 62.1 Å². The molecule has 2 heterocycles. The minimum atomic E-state index is -1.01. The van der Waals surface area contributed by atoms with Gasteiger partial charge in [0.2, 0.25) is 5.91 Å². The van der Waals surface area contributed by atoms with Crippen molar-refractivity contribution in [3.05, 3.63) is 101 Å². The molecule has 3 aromatic rings. The molecule has 0 unspecified atom stereocenters. The van der Waals surface area contributed by atoms with Gasteiger partial charge >= 0.3 is 0 Å². The van der Waals surface area contributed by atoms with E-state index in [0.29, 0.717) is 43.1 Å². The van der Waals surface area contributed by atoms with E-state index in [0.717, 1.165) is 41.8 Å². The number of nitriles is 1. The maximum absolute atomic E-state index is 14.6. The molecule has 1 fully saturated rings. The topological polar surface area (TPSA) is 85.7 Å². The average Bonchev–Trinajstić information content (AvgIpc) is 3.32. The lowest BCUT2D eigenvalue weighted by molar-refractivity contribution is -0.122. The van der Waals surface area contributed by atoms with Crippen molar-refractivity contribution in [3.63, 3.8) is 0 Å². The first-order valence-corrected chi connectivity index (χ1v) is 15.8. The number of halogens is 3. The van der Waals surface area contributed by atoms with Crippen molar-refractivity contribution in [2.75, 3.05) is 29.4 Å². The lowest BCUT2D eigenvalue weighted by Crippen LogP contribution is -2.49. The Kier molecular flexibility index (Phi) is 8.51. The highest BCUT2D eigenvalue weighted by Gasteiger charge is 2.46. The SMILES string of the molecule is C=CC(=O)N1CC(C)(C)Oc2cc(N3CCC4(CC3)C[C@@H](CC(=O)N[C@@H](C#N)Cc3ccc(F)c(F)c3)c3ccc(F)cc34)ccc21. The van der Waals surface area contributed by atoms with Crippen LogP contribution in [0.2, 0.25) is 0 Å². The fourth-order valence-electron chi connectivity index (χ4n) is 7.50. The van der Waals surface area contributed by atoms with Gasteiger partial charge in [0.25, 0.3) is 5.91 Å². The van der Waals surface area contributed by atoms with Crippen molar-refractivity contribution < 1.29 is 27.5 Å². The van der Waals surface area contributed by atoms with Crippen LogP contribution in [-0.2, 0) is 21.4 Å². The Balaban J connectivity index is 1.15. The van der Waals surface area contributed by atoms with E-state index in [1.807, 2.05) is 38.1 Å². The molecular weight excluding hydrogens is 605 g/mol. The van der Waals surface area contributed by atoms with Crippen molar-refractivity contribution in [2.24, 2.45) is 0 Å². The van der Waals surface area contributed by atoms with Crippen LogP contribution >= 0.6 is 0 Å². The number of fused-ring (bicyclic) bond motifs is 3. The molecule has 244 valence electrons. The molecular formula is C37H37F3N4O3. The maximum Gasteiger partial charge on any atom is 0.250 e. The number of nitrogens with one attached hydrogen (secondary N) is 1. The number of nitrogens with zero attached hydrogens (tertiary/aromatic N) is 3. The molecule has 47 heavy (non-hydrogen) atoms. The van der Waals surface area contributed by atoms with E-state index >= 15 is 0 Å². The summed E-state index contributed by atoms with van der Waals surface area (Å²) in [6.45, 7) is 9.35. The van der Waals surface area contributed by atoms with Gasteiger partial charge in [-0.1, -0.05) is 18.7 Å². The molecule has 1 saturated heterocycles. The van der Waals surface area contributed by atoms with Crippen LogP contribution in [-0.4, -0.2) is 43.1 Å². The molecule has 3 aliphatic rings. The van der Waals surface area contributed by atoms with Crippen molar-refractivity contribution in [2.45, 2.75) is 68.9 Å². The molecule has 2 amide bonds. The molecule has 0 saturated carbocycles. The summed E-state index contributed by atoms with van der Waals surface area (Å²) < 4.78 is 47.9. The van der Waals surface area contributed by atoms with Gasteiger partial charge in [0.05, 0.1) is 18.3 Å². The molecule has 2 atom stereocenters. The van der Waals surface area contributed by atoms with E-state index in [9.17, 15) is 28.0 Å². The second-order valence-electron chi connectivity index (χ2n) is 13.4. The smallest absolute Gasteiger partial charge is 0.250 e. The lowest BCUT2D eigenvalue weighted by atomic mass is 9.73. The van der Waals surface area contributed by atoms with Crippen molar-refractivity contribution in [3.8, 4) is 11.8 Å². The molecule has 7 nitrogen and oxygen atoms in total. The third-order valence-corrected chi connectivity index (χ3v) is 9.70. The van der Waals surface area contributed by atoms with Crippen LogP contribution in [0.3, 0.4) is 0 Å². The molecule has 10 heteroatoms. The summed E-state index contributed by atoms with van der Waals surface area (Å²) in [5.41, 5.74) is 3.08. The molecule has 1 N–H and O–H groups in total. The summed E-state index contributed by atoms with van der Waals surface area (Å²) in [5.74, 6) is -2.34. The molecule has 2 aliphatic heterocycles. The Hall–Kier alpha value is -4.78. The number of amides is 2. The summed E-state index contributed by atoms with van der Waals surface area (Å²) >= 11 is 0. The van der Waals surface area contributed by atoms with Gasteiger partial charge in [0.15, 0.2) is 11.6 Å². The fraction of sp³-hybridized carbons (Fsp3) is 0.378. The van der Waals surface area contributed by atoms with Crippen LogP contribution in [0.4, 0.5) is 24.5 Å². The largest absolute Gasteiger partial charge is 0.484 e. The minimum Gasteiger partial charge on any atom is -0.484 e. The van der Waals surface area contributed by atoms with Gasteiger partial charge < -0.3 is 19.9 Å². The normalized spacial score (nSPS) is 19.6. The van der Waals surface area contributed by atoms with Crippen molar-refractivity contribution in [1.29, 1.82) is 5.26 Å². The number of piperidine rings is 1. The molecule has 3 aromatic carbocycles. The molecule has 0 radical (unpaired) electrons. The van der Waals surface area contributed by atoms with Crippen LogP contribution < -0.4 is 19.9 Å². The van der Waals surface area contributed by atoms with Gasteiger partial charge in [-0.2, -0.15) is 5.26 Å². The highest BCUT2D eigenvalue weighted by molar-refractivity contribution is 6.02. The first kappa shape index (κ1) is 32.2. The van der Waals surface area contributed by atoms with Crippen LogP contribution in [0.5, 0.6) is 5.75 Å². The molecule has 6 rings (SSSR count). The van der Waals surface area contributed by atoms with E-state index in [2.05, 4.69) is 16.8 Å². The van der Waals surface area contributed by atoms with Crippen molar-refractivity contribution >= 4 is 23.2 Å². The third-order valence-electron chi connectivity index (χ3n) is 9.70. The summed E-state index contributed by atoms with van der Waals surface area (Å²) in [6.07, 6.45) is 3.65. The first-order valence-electron chi connectivity index (χ1n) is 15.8. The van der Waals surface area contributed by atoms with E-state index in [1.165, 1.54) is 18.2 Å². The lowest BCUT2D eigenvalue weighted by Gasteiger charge is -2.43. The number of carbonyl (C=O) groups excluding carboxylic acids is 2. The van der Waals surface area contributed by atoms with Gasteiger partial charge in [-0.3, -0.25) is 9.59 Å². The maximum atomic E-state index is 14.6. The highest BCUT2D eigenvalue weighted by Crippen LogP contribution is 2.53. The van der Waals surface area contributed by atoms with Crippen LogP contribution in [0.15, 0.2) is 67.3 Å². The predicted molar refractivity (Wildman–Crippen MR) is 173 cm³/mol. The summed E-state index contributed by atoms with van der Waals surface area (Å²) in [7, 11) is 0. The Morgan fingerprint density at radius 2 is 1.85 bits per heavy atom. The Bertz CT molecular complexity index is 1780. The number of hydrogen-bond acceptors (Lipinski definition) is 5. The Morgan fingerprint density at radius 1 is 1.09 bits per heavy atom. The van der Waals surface area contributed by atoms with Gasteiger partial charge in [-0.15, -0.1) is 0 Å². The quantitative estimate of drug-likeness (QED) is 0.299. The number of hydrogen-bond donors (Lipinski definition) is 1. The molecule has 1 aliphatic carbocycles. The van der Waals surface area contributed by atoms with Gasteiger partial charge in [0, 0.05) is 37.7 Å². The zero-order valence-electron chi connectivity index (χ0n) is 26.5. The molecule has 1 spiro atoms. The second-order valence-corrected chi connectivity index (χ2v) is 13.4.